The number of rotatable bonds is 8. The normalized spacial score (nSPS) is 23.0. The number of piperidine rings is 2. The third-order valence-electron chi connectivity index (χ3n) is 11.0. The van der Waals surface area contributed by atoms with Crippen LogP contribution >= 0.6 is 0 Å². The average molecular weight is 662 g/mol. The van der Waals surface area contributed by atoms with Crippen molar-refractivity contribution in [1.82, 2.24) is 24.1 Å². The third-order valence-corrected chi connectivity index (χ3v) is 12.4. The van der Waals surface area contributed by atoms with Crippen LogP contribution in [0.2, 0.25) is 0 Å². The van der Waals surface area contributed by atoms with E-state index >= 15 is 0 Å². The average Bonchev–Trinajstić information content (AvgIpc) is 3.53. The maximum absolute atomic E-state index is 14.8. The van der Waals surface area contributed by atoms with Crippen molar-refractivity contribution in [1.29, 1.82) is 0 Å². The summed E-state index contributed by atoms with van der Waals surface area (Å²) in [7, 11) is -2.57. The number of benzene rings is 3. The van der Waals surface area contributed by atoms with Crippen LogP contribution in [0, 0.1) is 18.6 Å². The van der Waals surface area contributed by atoms with Crippen molar-refractivity contribution in [3.8, 4) is 0 Å². The fourth-order valence-electron chi connectivity index (χ4n) is 8.55. The second-order valence-corrected chi connectivity index (χ2v) is 15.3. The summed E-state index contributed by atoms with van der Waals surface area (Å²) < 4.78 is 58.8. The molecule has 0 aliphatic carbocycles. The van der Waals surface area contributed by atoms with Gasteiger partial charge in [-0.3, -0.25) is 9.69 Å². The lowest BCUT2D eigenvalue weighted by Gasteiger charge is -2.45. The van der Waals surface area contributed by atoms with Crippen molar-refractivity contribution in [3.63, 3.8) is 0 Å². The highest BCUT2D eigenvalue weighted by Crippen LogP contribution is 2.45. The molecule has 3 aromatic carbocycles. The molecule has 0 spiro atoms. The number of aromatic nitrogens is 2. The highest BCUT2D eigenvalue weighted by atomic mass is 32.2. The van der Waals surface area contributed by atoms with Gasteiger partial charge in [0.25, 0.3) is 5.91 Å². The van der Waals surface area contributed by atoms with Gasteiger partial charge in [-0.05, 0) is 119 Å². The van der Waals surface area contributed by atoms with Gasteiger partial charge in [-0.15, -0.1) is 0 Å². The van der Waals surface area contributed by atoms with Gasteiger partial charge in [-0.1, -0.05) is 24.3 Å². The molecule has 47 heavy (non-hydrogen) atoms. The van der Waals surface area contributed by atoms with Crippen molar-refractivity contribution < 1.29 is 22.0 Å². The lowest BCUT2D eigenvalue weighted by Crippen LogP contribution is -2.49. The molecule has 248 valence electrons. The number of hydrogen-bond donors (Lipinski definition) is 1. The van der Waals surface area contributed by atoms with Gasteiger partial charge in [0.05, 0.1) is 21.5 Å². The molecular formula is C36H41F2N5O3S. The minimum atomic E-state index is -3.84. The van der Waals surface area contributed by atoms with Crippen LogP contribution in [-0.2, 0) is 15.4 Å². The summed E-state index contributed by atoms with van der Waals surface area (Å²) in [4.78, 5) is 22.5. The quantitative estimate of drug-likeness (QED) is 0.252. The van der Waals surface area contributed by atoms with E-state index in [2.05, 4.69) is 39.3 Å². The van der Waals surface area contributed by atoms with Crippen LogP contribution in [0.3, 0.4) is 0 Å². The number of halogens is 2. The Morgan fingerprint density at radius 1 is 0.957 bits per heavy atom. The number of fused-ring (bicyclic) bond motifs is 3. The van der Waals surface area contributed by atoms with E-state index in [0.717, 1.165) is 73.8 Å². The molecule has 8 nitrogen and oxygen atoms in total. The van der Waals surface area contributed by atoms with Crippen LogP contribution < -0.4 is 4.72 Å². The number of amides is 1. The second-order valence-electron chi connectivity index (χ2n) is 13.4. The van der Waals surface area contributed by atoms with Crippen LogP contribution in [0.1, 0.15) is 72.7 Å². The summed E-state index contributed by atoms with van der Waals surface area (Å²) >= 11 is 0. The molecule has 3 atom stereocenters. The highest BCUT2D eigenvalue weighted by molar-refractivity contribution is 7.89. The minimum Gasteiger partial charge on any atom is -0.338 e. The first kappa shape index (κ1) is 31.9. The van der Waals surface area contributed by atoms with E-state index in [9.17, 15) is 22.0 Å². The first-order valence-corrected chi connectivity index (χ1v) is 18.0. The van der Waals surface area contributed by atoms with E-state index in [1.54, 1.807) is 17.0 Å². The van der Waals surface area contributed by atoms with E-state index in [0.29, 0.717) is 44.1 Å². The molecule has 1 aromatic heterocycles. The molecule has 3 aliphatic rings. The predicted octanol–water partition coefficient (Wildman–Crippen LogP) is 5.96. The fourth-order valence-corrected chi connectivity index (χ4v) is 9.31. The largest absolute Gasteiger partial charge is 0.338 e. The van der Waals surface area contributed by atoms with Crippen molar-refractivity contribution in [2.75, 3.05) is 26.7 Å². The molecule has 0 radical (unpaired) electrons. The fraction of sp³-hybridized carbons (Fsp3) is 0.444. The van der Waals surface area contributed by atoms with Crippen molar-refractivity contribution in [3.05, 3.63) is 95.3 Å². The number of para-hydroxylation sites is 2. The van der Waals surface area contributed by atoms with E-state index in [1.165, 1.54) is 18.6 Å². The maximum atomic E-state index is 14.8. The van der Waals surface area contributed by atoms with Crippen LogP contribution in [0.15, 0.2) is 71.6 Å². The molecule has 1 amide bonds. The van der Waals surface area contributed by atoms with Crippen LogP contribution in [-0.4, -0.2) is 72.4 Å². The molecule has 11 heteroatoms. The van der Waals surface area contributed by atoms with Crippen LogP contribution in [0.25, 0.3) is 11.0 Å². The van der Waals surface area contributed by atoms with Gasteiger partial charge in [-0.25, -0.2) is 26.9 Å². The molecule has 2 bridgehead atoms. The molecular weight excluding hydrogens is 620 g/mol. The summed E-state index contributed by atoms with van der Waals surface area (Å²) in [5.41, 5.74) is 2.56. The highest BCUT2D eigenvalue weighted by Gasteiger charge is 2.44. The van der Waals surface area contributed by atoms with Crippen molar-refractivity contribution >= 4 is 27.0 Å². The predicted molar refractivity (Wildman–Crippen MR) is 177 cm³/mol. The van der Waals surface area contributed by atoms with Gasteiger partial charge >= 0.3 is 0 Å². The Balaban J connectivity index is 1.08. The van der Waals surface area contributed by atoms with Gasteiger partial charge < -0.3 is 9.47 Å². The van der Waals surface area contributed by atoms with E-state index in [1.807, 2.05) is 12.1 Å². The molecule has 3 aliphatic heterocycles. The Bertz CT molecular complexity index is 1910. The summed E-state index contributed by atoms with van der Waals surface area (Å²) in [5, 5.41) is 0. The van der Waals surface area contributed by atoms with Crippen LogP contribution in [0.5, 0.6) is 0 Å². The molecule has 1 unspecified atom stereocenters. The SMILES string of the molecule is CNS(=O)(=O)c1ccc(F)c(C(=O)N2CCC(CCN3[C@@H]4CC[C@H]3CC(n3c(C)nc5ccccc53)C4)(c3cccc(F)c3)CC2)c1. The Morgan fingerprint density at radius 2 is 1.68 bits per heavy atom. The number of imidazole rings is 1. The van der Waals surface area contributed by atoms with Crippen molar-refractivity contribution in [2.45, 2.75) is 80.3 Å². The van der Waals surface area contributed by atoms with E-state index in [-0.39, 0.29) is 21.7 Å². The molecule has 4 aromatic rings. The summed E-state index contributed by atoms with van der Waals surface area (Å²) in [6.07, 6.45) is 6.50. The topological polar surface area (TPSA) is 87.5 Å². The van der Waals surface area contributed by atoms with E-state index in [4.69, 9.17) is 4.98 Å². The van der Waals surface area contributed by atoms with Gasteiger partial charge in [0.15, 0.2) is 0 Å². The smallest absolute Gasteiger partial charge is 0.256 e. The van der Waals surface area contributed by atoms with Gasteiger partial charge in [0, 0.05) is 31.2 Å². The number of sulfonamides is 1. The second kappa shape index (κ2) is 12.4. The monoisotopic (exact) mass is 661 g/mol. The first-order valence-electron chi connectivity index (χ1n) is 16.6. The first-order chi connectivity index (χ1) is 22.6. The third kappa shape index (κ3) is 5.87. The Labute approximate surface area is 274 Å². The number of likely N-dealkylation sites (tertiary alicyclic amines) is 1. The lowest BCUT2D eigenvalue weighted by molar-refractivity contribution is 0.0602. The Hall–Kier alpha value is -3.67. The number of carbonyl (C=O) groups is 1. The van der Waals surface area contributed by atoms with Gasteiger partial charge in [-0.2, -0.15) is 0 Å². The summed E-state index contributed by atoms with van der Waals surface area (Å²) in [6, 6.07) is 19.8. The zero-order chi connectivity index (χ0) is 32.9. The van der Waals surface area contributed by atoms with Crippen LogP contribution in [0.4, 0.5) is 8.78 Å². The minimum absolute atomic E-state index is 0.161. The summed E-state index contributed by atoms with van der Waals surface area (Å²) in [5.74, 6) is -0.518. The lowest BCUT2D eigenvalue weighted by atomic mass is 9.70. The number of aryl methyl sites for hydroxylation is 1. The zero-order valence-corrected chi connectivity index (χ0v) is 27.6. The molecule has 3 fully saturated rings. The maximum Gasteiger partial charge on any atom is 0.256 e. The van der Waals surface area contributed by atoms with Crippen molar-refractivity contribution in [2.24, 2.45) is 0 Å². The van der Waals surface area contributed by atoms with E-state index < -0.39 is 21.7 Å². The number of carbonyl (C=O) groups excluding carboxylic acids is 1. The van der Waals surface area contributed by atoms with Gasteiger partial charge in [0.2, 0.25) is 10.0 Å². The van der Waals surface area contributed by atoms with Gasteiger partial charge in [0.1, 0.15) is 17.5 Å². The molecule has 3 saturated heterocycles. The molecule has 1 N–H and O–H groups in total. The summed E-state index contributed by atoms with van der Waals surface area (Å²) in [6.45, 7) is 3.71. The Morgan fingerprint density at radius 3 is 2.38 bits per heavy atom. The molecule has 0 saturated carbocycles. The molecule has 4 heterocycles. The Kier molecular flexibility index (Phi) is 8.42. The zero-order valence-electron chi connectivity index (χ0n) is 26.8. The number of nitrogens with zero attached hydrogens (tertiary/aromatic N) is 4. The standard InChI is InChI=1S/C36H41F2N5O3S/c1-24-40-33-8-3-4-9-34(33)43(24)29-21-27-10-11-28(22-29)42(27)19-16-36(25-6-5-7-26(37)20-25)14-17-41(18-15-36)35(44)31-23-30(12-13-32(31)38)47(45,46)39-2/h3-9,12-13,20,23,27-29,39H,10-11,14-19,21-22H2,1-2H3/t27-,28+,29?. The number of nitrogens with one attached hydrogen (secondary N) is 1. The number of hydrogen-bond acceptors (Lipinski definition) is 5. The molecule has 7 rings (SSSR count).